The molecule has 1 aliphatic heterocycles. The SMILES string of the molecule is COc1ccc([C@@H]2CN(C)C[C@H]2C(=O)c2ccc(F)cc2)cc1Cl. The summed E-state index contributed by atoms with van der Waals surface area (Å²) in [5, 5.41) is 0.539. The third kappa shape index (κ3) is 3.30. The summed E-state index contributed by atoms with van der Waals surface area (Å²) in [6.07, 6.45) is 0. The number of rotatable bonds is 4. The lowest BCUT2D eigenvalue weighted by Crippen LogP contribution is -2.22. The van der Waals surface area contributed by atoms with Crippen molar-refractivity contribution in [2.24, 2.45) is 5.92 Å². The first-order valence-corrected chi connectivity index (χ1v) is 8.19. The molecule has 24 heavy (non-hydrogen) atoms. The molecule has 3 rings (SSSR count). The van der Waals surface area contributed by atoms with Crippen LogP contribution in [0.4, 0.5) is 4.39 Å². The summed E-state index contributed by atoms with van der Waals surface area (Å²) in [6, 6.07) is 11.4. The minimum absolute atomic E-state index is 0.0382. The standard InChI is InChI=1S/C19H19ClFNO2/c1-22-10-15(13-5-8-18(24-2)17(20)9-13)16(11-22)19(23)12-3-6-14(21)7-4-12/h3-9,15-16H,10-11H2,1-2H3/t15-,16+/m0/s1. The number of hydrogen-bond donors (Lipinski definition) is 0. The van der Waals surface area contributed by atoms with Crippen LogP contribution in [-0.4, -0.2) is 37.9 Å². The summed E-state index contributed by atoms with van der Waals surface area (Å²) in [5.74, 6) is 0.193. The van der Waals surface area contributed by atoms with Crippen LogP contribution < -0.4 is 4.74 Å². The Bertz CT molecular complexity index is 748. The van der Waals surface area contributed by atoms with Crippen molar-refractivity contribution in [2.75, 3.05) is 27.2 Å². The Labute approximate surface area is 146 Å². The number of likely N-dealkylation sites (tertiary alicyclic amines) is 1. The number of hydrogen-bond acceptors (Lipinski definition) is 3. The molecule has 0 aliphatic carbocycles. The number of halogens is 2. The number of ketones is 1. The Morgan fingerprint density at radius 3 is 2.54 bits per heavy atom. The van der Waals surface area contributed by atoms with Gasteiger partial charge in [0.1, 0.15) is 11.6 Å². The van der Waals surface area contributed by atoms with Crippen molar-refractivity contribution < 1.29 is 13.9 Å². The molecule has 0 spiro atoms. The van der Waals surface area contributed by atoms with Crippen LogP contribution in [0.25, 0.3) is 0 Å². The first-order valence-electron chi connectivity index (χ1n) is 7.81. The normalized spacial score (nSPS) is 21.0. The molecule has 2 aromatic rings. The van der Waals surface area contributed by atoms with Gasteiger partial charge in [-0.15, -0.1) is 0 Å². The zero-order valence-corrected chi connectivity index (χ0v) is 14.4. The van der Waals surface area contributed by atoms with E-state index in [4.69, 9.17) is 16.3 Å². The van der Waals surface area contributed by atoms with Gasteiger partial charge >= 0.3 is 0 Å². The average molecular weight is 348 g/mol. The molecule has 1 heterocycles. The number of benzene rings is 2. The smallest absolute Gasteiger partial charge is 0.167 e. The van der Waals surface area contributed by atoms with E-state index >= 15 is 0 Å². The van der Waals surface area contributed by atoms with E-state index in [2.05, 4.69) is 4.90 Å². The first-order chi connectivity index (χ1) is 11.5. The monoisotopic (exact) mass is 347 g/mol. The van der Waals surface area contributed by atoms with Gasteiger partial charge in [-0.1, -0.05) is 17.7 Å². The molecular formula is C19H19ClFNO2. The molecule has 0 aromatic heterocycles. The Morgan fingerprint density at radius 1 is 1.21 bits per heavy atom. The van der Waals surface area contributed by atoms with Gasteiger partial charge in [0.15, 0.2) is 5.78 Å². The van der Waals surface area contributed by atoms with E-state index in [9.17, 15) is 9.18 Å². The van der Waals surface area contributed by atoms with E-state index in [0.717, 1.165) is 12.1 Å². The van der Waals surface area contributed by atoms with Crippen molar-refractivity contribution in [1.29, 1.82) is 0 Å². The van der Waals surface area contributed by atoms with Crippen molar-refractivity contribution in [3.05, 3.63) is 64.4 Å². The molecule has 1 aliphatic rings. The second-order valence-electron chi connectivity index (χ2n) is 6.20. The maximum atomic E-state index is 13.1. The highest BCUT2D eigenvalue weighted by Gasteiger charge is 2.37. The lowest BCUT2D eigenvalue weighted by atomic mass is 9.84. The Kier molecular flexibility index (Phi) is 4.88. The minimum atomic E-state index is -0.339. The molecule has 0 amide bonds. The lowest BCUT2D eigenvalue weighted by molar-refractivity contribution is 0.0915. The molecule has 1 saturated heterocycles. The first kappa shape index (κ1) is 16.9. The molecule has 0 N–H and O–H groups in total. The van der Waals surface area contributed by atoms with Gasteiger partial charge in [0, 0.05) is 30.5 Å². The van der Waals surface area contributed by atoms with E-state index < -0.39 is 0 Å². The van der Waals surface area contributed by atoms with Gasteiger partial charge in [0.25, 0.3) is 0 Å². The summed E-state index contributed by atoms with van der Waals surface area (Å²) >= 11 is 6.24. The van der Waals surface area contributed by atoms with Crippen LogP contribution >= 0.6 is 11.6 Å². The zero-order valence-electron chi connectivity index (χ0n) is 13.6. The highest BCUT2D eigenvalue weighted by Crippen LogP contribution is 2.37. The molecule has 0 saturated carbocycles. The highest BCUT2D eigenvalue weighted by atomic mass is 35.5. The molecule has 2 aromatic carbocycles. The number of carbonyl (C=O) groups is 1. The Balaban J connectivity index is 1.90. The lowest BCUT2D eigenvalue weighted by Gasteiger charge is -2.19. The van der Waals surface area contributed by atoms with Crippen molar-refractivity contribution in [3.63, 3.8) is 0 Å². The fourth-order valence-corrected chi connectivity index (χ4v) is 3.61. The quantitative estimate of drug-likeness (QED) is 0.782. The fourth-order valence-electron chi connectivity index (χ4n) is 3.35. The zero-order chi connectivity index (χ0) is 17.3. The van der Waals surface area contributed by atoms with E-state index in [-0.39, 0.29) is 23.4 Å². The summed E-state index contributed by atoms with van der Waals surface area (Å²) in [5.41, 5.74) is 1.56. The van der Waals surface area contributed by atoms with Crippen LogP contribution in [0.5, 0.6) is 5.75 Å². The second-order valence-corrected chi connectivity index (χ2v) is 6.61. The van der Waals surface area contributed by atoms with Gasteiger partial charge < -0.3 is 9.64 Å². The molecule has 3 nitrogen and oxygen atoms in total. The maximum absolute atomic E-state index is 13.1. The van der Waals surface area contributed by atoms with Crippen molar-refractivity contribution in [3.8, 4) is 5.75 Å². The molecule has 2 atom stereocenters. The van der Waals surface area contributed by atoms with Crippen LogP contribution in [0.1, 0.15) is 21.8 Å². The van der Waals surface area contributed by atoms with Gasteiger partial charge in [0.05, 0.1) is 12.1 Å². The summed E-state index contributed by atoms with van der Waals surface area (Å²) in [6.45, 7) is 1.45. The van der Waals surface area contributed by atoms with E-state index in [1.807, 2.05) is 25.2 Å². The highest BCUT2D eigenvalue weighted by molar-refractivity contribution is 6.32. The van der Waals surface area contributed by atoms with Crippen LogP contribution in [0.2, 0.25) is 5.02 Å². The summed E-state index contributed by atoms with van der Waals surface area (Å²) in [4.78, 5) is 15.0. The molecule has 1 fully saturated rings. The van der Waals surface area contributed by atoms with Crippen molar-refractivity contribution in [2.45, 2.75) is 5.92 Å². The largest absolute Gasteiger partial charge is 0.495 e. The van der Waals surface area contributed by atoms with Gasteiger partial charge in [-0.05, 0) is 49.0 Å². The number of likely N-dealkylation sites (N-methyl/N-ethyl adjacent to an activating group) is 1. The summed E-state index contributed by atoms with van der Waals surface area (Å²) in [7, 11) is 3.57. The number of methoxy groups -OCH3 is 1. The van der Waals surface area contributed by atoms with Gasteiger partial charge in [-0.25, -0.2) is 4.39 Å². The van der Waals surface area contributed by atoms with E-state index in [0.29, 0.717) is 22.9 Å². The van der Waals surface area contributed by atoms with Crippen LogP contribution in [0.15, 0.2) is 42.5 Å². The predicted octanol–water partition coefficient (Wildman–Crippen LogP) is 4.02. The minimum Gasteiger partial charge on any atom is -0.495 e. The number of Topliss-reactive ketones (excluding diaryl/α,β-unsaturated/α-hetero) is 1. The molecule has 126 valence electrons. The van der Waals surface area contributed by atoms with Crippen LogP contribution in [0.3, 0.4) is 0 Å². The van der Waals surface area contributed by atoms with Gasteiger partial charge in [-0.2, -0.15) is 0 Å². The fraction of sp³-hybridized carbons (Fsp3) is 0.316. The number of nitrogens with zero attached hydrogens (tertiary/aromatic N) is 1. The number of ether oxygens (including phenoxy) is 1. The van der Waals surface area contributed by atoms with Crippen molar-refractivity contribution >= 4 is 17.4 Å². The Morgan fingerprint density at radius 2 is 1.92 bits per heavy atom. The average Bonchev–Trinajstić information content (AvgIpc) is 2.96. The van der Waals surface area contributed by atoms with Crippen LogP contribution in [-0.2, 0) is 0 Å². The predicted molar refractivity (Wildman–Crippen MR) is 92.5 cm³/mol. The summed E-state index contributed by atoms with van der Waals surface area (Å²) < 4.78 is 18.3. The third-order valence-corrected chi connectivity index (χ3v) is 4.87. The molecule has 0 unspecified atom stereocenters. The number of carbonyl (C=O) groups excluding carboxylic acids is 1. The Hall–Kier alpha value is -1.91. The molecule has 0 radical (unpaired) electrons. The molecule has 0 bridgehead atoms. The molecule has 5 heteroatoms. The maximum Gasteiger partial charge on any atom is 0.167 e. The van der Waals surface area contributed by atoms with Gasteiger partial charge in [-0.3, -0.25) is 4.79 Å². The van der Waals surface area contributed by atoms with Crippen molar-refractivity contribution in [1.82, 2.24) is 4.90 Å². The van der Waals surface area contributed by atoms with E-state index in [1.54, 1.807) is 19.2 Å². The molecular weight excluding hydrogens is 329 g/mol. The van der Waals surface area contributed by atoms with Gasteiger partial charge in [0.2, 0.25) is 0 Å². The van der Waals surface area contributed by atoms with E-state index in [1.165, 1.54) is 12.1 Å². The topological polar surface area (TPSA) is 29.5 Å². The third-order valence-electron chi connectivity index (χ3n) is 4.57. The second kappa shape index (κ2) is 6.91. The van der Waals surface area contributed by atoms with Crippen LogP contribution in [0, 0.1) is 11.7 Å².